The molecule has 0 spiro atoms. The van der Waals surface area contributed by atoms with E-state index in [2.05, 4.69) is 15.3 Å². The van der Waals surface area contributed by atoms with Gasteiger partial charge in [0.1, 0.15) is 11.9 Å². The first-order chi connectivity index (χ1) is 9.86. The number of aromatic nitrogens is 2. The van der Waals surface area contributed by atoms with E-state index in [9.17, 15) is 18.0 Å². The molecule has 116 valence electrons. The maximum atomic E-state index is 12.9. The number of hydrogen-bond acceptors (Lipinski definition) is 6. The fourth-order valence-electron chi connectivity index (χ4n) is 2.19. The SMILES string of the molecule is CCC1C(=O)NCCN1c1cc(C(F)(F)F)nc(NN)n1. The van der Waals surface area contributed by atoms with E-state index < -0.39 is 17.9 Å². The minimum Gasteiger partial charge on any atom is -0.353 e. The fourth-order valence-corrected chi connectivity index (χ4v) is 2.19. The van der Waals surface area contributed by atoms with Crippen LogP contribution in [0.1, 0.15) is 19.0 Å². The molecular weight excluding hydrogens is 289 g/mol. The smallest absolute Gasteiger partial charge is 0.353 e. The number of nitrogens with two attached hydrogens (primary N) is 1. The molecule has 2 rings (SSSR count). The van der Waals surface area contributed by atoms with Gasteiger partial charge in [-0.25, -0.2) is 10.8 Å². The highest BCUT2D eigenvalue weighted by Gasteiger charge is 2.36. The van der Waals surface area contributed by atoms with Crippen LogP contribution in [-0.4, -0.2) is 35.0 Å². The van der Waals surface area contributed by atoms with Crippen molar-refractivity contribution in [1.82, 2.24) is 15.3 Å². The molecule has 1 unspecified atom stereocenters. The third-order valence-corrected chi connectivity index (χ3v) is 3.14. The summed E-state index contributed by atoms with van der Waals surface area (Å²) in [6.07, 6.45) is -4.17. The Morgan fingerprint density at radius 2 is 2.24 bits per heavy atom. The number of hydrazine groups is 1. The zero-order valence-corrected chi connectivity index (χ0v) is 11.2. The van der Waals surface area contributed by atoms with Crippen LogP contribution in [0.3, 0.4) is 0 Å². The lowest BCUT2D eigenvalue weighted by molar-refractivity contribution is -0.141. The molecule has 1 fully saturated rings. The van der Waals surface area contributed by atoms with Crippen LogP contribution in [0.15, 0.2) is 6.07 Å². The van der Waals surface area contributed by atoms with E-state index in [0.29, 0.717) is 19.5 Å². The number of rotatable bonds is 3. The average molecular weight is 304 g/mol. The number of amides is 1. The number of nitrogens with zero attached hydrogens (tertiary/aromatic N) is 3. The molecule has 2 heterocycles. The summed E-state index contributed by atoms with van der Waals surface area (Å²) < 4.78 is 38.6. The van der Waals surface area contributed by atoms with Crippen molar-refractivity contribution in [1.29, 1.82) is 0 Å². The van der Waals surface area contributed by atoms with Gasteiger partial charge in [-0.3, -0.25) is 10.2 Å². The Bertz CT molecular complexity index is 535. The summed E-state index contributed by atoms with van der Waals surface area (Å²) in [5.74, 6) is 4.55. The van der Waals surface area contributed by atoms with E-state index in [1.54, 1.807) is 6.92 Å². The minimum absolute atomic E-state index is 0.0203. The molecule has 0 bridgehead atoms. The van der Waals surface area contributed by atoms with Crippen LogP contribution in [-0.2, 0) is 11.0 Å². The Morgan fingerprint density at radius 1 is 1.52 bits per heavy atom. The first-order valence-electron chi connectivity index (χ1n) is 6.34. The van der Waals surface area contributed by atoms with Gasteiger partial charge in [0.05, 0.1) is 0 Å². The van der Waals surface area contributed by atoms with Crippen LogP contribution >= 0.6 is 0 Å². The second-order valence-electron chi connectivity index (χ2n) is 4.49. The number of nitrogen functional groups attached to an aromatic ring is 1. The summed E-state index contributed by atoms with van der Waals surface area (Å²) in [5.41, 5.74) is 0.904. The molecule has 7 nitrogen and oxygen atoms in total. The van der Waals surface area contributed by atoms with Gasteiger partial charge in [-0.15, -0.1) is 0 Å². The predicted octanol–water partition coefficient (Wildman–Crippen LogP) is 0.496. The Labute approximate surface area is 118 Å². The fraction of sp³-hybridized carbons (Fsp3) is 0.545. The molecular formula is C11H15F3N6O. The van der Waals surface area contributed by atoms with Gasteiger partial charge in [0.25, 0.3) is 0 Å². The second-order valence-corrected chi connectivity index (χ2v) is 4.49. The summed E-state index contributed by atoms with van der Waals surface area (Å²) in [6, 6.07) is 0.252. The van der Waals surface area contributed by atoms with Gasteiger partial charge in [0.15, 0.2) is 5.69 Å². The van der Waals surface area contributed by atoms with Crippen LogP contribution in [0.25, 0.3) is 0 Å². The van der Waals surface area contributed by atoms with Crippen molar-refractivity contribution in [2.75, 3.05) is 23.4 Å². The number of hydrogen-bond donors (Lipinski definition) is 3. The maximum absolute atomic E-state index is 12.9. The number of anilines is 2. The van der Waals surface area contributed by atoms with Crippen molar-refractivity contribution in [2.45, 2.75) is 25.6 Å². The summed E-state index contributed by atoms with van der Waals surface area (Å²) in [7, 11) is 0. The molecule has 1 aliphatic rings. The highest BCUT2D eigenvalue weighted by Crippen LogP contribution is 2.31. The van der Waals surface area contributed by atoms with Crippen molar-refractivity contribution < 1.29 is 18.0 Å². The molecule has 1 atom stereocenters. The summed E-state index contributed by atoms with van der Waals surface area (Å²) in [5, 5.41) is 2.67. The normalized spacial score (nSPS) is 19.4. The highest BCUT2D eigenvalue weighted by atomic mass is 19.4. The Hall–Kier alpha value is -2.10. The second kappa shape index (κ2) is 5.72. The molecule has 0 aliphatic carbocycles. The zero-order chi connectivity index (χ0) is 15.6. The molecule has 21 heavy (non-hydrogen) atoms. The third kappa shape index (κ3) is 3.15. The van der Waals surface area contributed by atoms with Crippen LogP contribution in [0.5, 0.6) is 0 Å². The summed E-state index contributed by atoms with van der Waals surface area (Å²) >= 11 is 0. The predicted molar refractivity (Wildman–Crippen MR) is 69.3 cm³/mol. The van der Waals surface area contributed by atoms with Crippen molar-refractivity contribution in [2.24, 2.45) is 5.84 Å². The lowest BCUT2D eigenvalue weighted by Crippen LogP contribution is -2.55. The molecule has 4 N–H and O–H groups in total. The van der Waals surface area contributed by atoms with Gasteiger partial charge in [-0.05, 0) is 6.42 Å². The molecule has 1 aromatic heterocycles. The van der Waals surface area contributed by atoms with Crippen LogP contribution < -0.4 is 21.5 Å². The standard InChI is InChI=1S/C11H15F3N6O/c1-2-6-9(21)16-3-4-20(6)8-5-7(11(12,13)14)17-10(18-8)19-15/h5-6H,2-4,15H2,1H3,(H,16,21)(H,17,18,19). The number of nitrogens with one attached hydrogen (secondary N) is 2. The minimum atomic E-state index is -4.62. The lowest BCUT2D eigenvalue weighted by atomic mass is 10.1. The molecule has 0 aromatic carbocycles. The Balaban J connectivity index is 2.44. The molecule has 10 heteroatoms. The first-order valence-corrected chi connectivity index (χ1v) is 6.34. The lowest BCUT2D eigenvalue weighted by Gasteiger charge is -2.35. The van der Waals surface area contributed by atoms with E-state index in [1.165, 1.54) is 4.90 Å². The van der Waals surface area contributed by atoms with Crippen LogP contribution in [0.2, 0.25) is 0 Å². The number of halogens is 3. The van der Waals surface area contributed by atoms with Gasteiger partial charge in [0, 0.05) is 19.2 Å². The van der Waals surface area contributed by atoms with Gasteiger partial charge in [-0.1, -0.05) is 6.92 Å². The summed E-state index contributed by atoms with van der Waals surface area (Å²) in [4.78, 5) is 20.5. The van der Waals surface area contributed by atoms with Gasteiger partial charge >= 0.3 is 6.18 Å². The number of piperazine rings is 1. The van der Waals surface area contributed by atoms with E-state index in [0.717, 1.165) is 6.07 Å². The number of carbonyl (C=O) groups excluding carboxylic acids is 1. The Kier molecular flexibility index (Phi) is 4.16. The van der Waals surface area contributed by atoms with E-state index in [-0.39, 0.29) is 17.7 Å². The zero-order valence-electron chi connectivity index (χ0n) is 11.2. The average Bonchev–Trinajstić information content (AvgIpc) is 2.45. The quantitative estimate of drug-likeness (QED) is 0.556. The number of carbonyl (C=O) groups is 1. The van der Waals surface area contributed by atoms with E-state index in [4.69, 9.17) is 5.84 Å². The first kappa shape index (κ1) is 15.3. The van der Waals surface area contributed by atoms with Gasteiger partial charge < -0.3 is 10.2 Å². The van der Waals surface area contributed by atoms with Crippen molar-refractivity contribution >= 4 is 17.7 Å². The van der Waals surface area contributed by atoms with Gasteiger partial charge in [0.2, 0.25) is 11.9 Å². The van der Waals surface area contributed by atoms with Gasteiger partial charge in [-0.2, -0.15) is 18.2 Å². The molecule has 0 saturated carbocycles. The largest absolute Gasteiger partial charge is 0.433 e. The maximum Gasteiger partial charge on any atom is 0.433 e. The van der Waals surface area contributed by atoms with Crippen molar-refractivity contribution in [3.8, 4) is 0 Å². The van der Waals surface area contributed by atoms with Crippen LogP contribution in [0.4, 0.5) is 24.9 Å². The molecule has 1 saturated heterocycles. The third-order valence-electron chi connectivity index (χ3n) is 3.14. The Morgan fingerprint density at radius 3 is 2.81 bits per heavy atom. The monoisotopic (exact) mass is 304 g/mol. The number of alkyl halides is 3. The van der Waals surface area contributed by atoms with E-state index >= 15 is 0 Å². The van der Waals surface area contributed by atoms with E-state index in [1.807, 2.05) is 5.43 Å². The molecule has 1 aromatic rings. The summed E-state index contributed by atoms with van der Waals surface area (Å²) in [6.45, 7) is 2.48. The molecule has 0 radical (unpaired) electrons. The molecule has 1 amide bonds. The van der Waals surface area contributed by atoms with Crippen molar-refractivity contribution in [3.63, 3.8) is 0 Å². The molecule has 1 aliphatic heterocycles. The van der Waals surface area contributed by atoms with Crippen LogP contribution in [0, 0.1) is 0 Å². The topological polar surface area (TPSA) is 96.2 Å². The van der Waals surface area contributed by atoms with Crippen molar-refractivity contribution in [3.05, 3.63) is 11.8 Å². The highest BCUT2D eigenvalue weighted by molar-refractivity contribution is 5.86.